The number of nitrogens with zero attached hydrogens (tertiary/aromatic N) is 5. The fourth-order valence-electron chi connectivity index (χ4n) is 2.00. The van der Waals surface area contributed by atoms with Crippen molar-refractivity contribution in [1.29, 1.82) is 0 Å². The molecule has 2 aromatic heterocycles. The Kier molecular flexibility index (Phi) is 3.15. The van der Waals surface area contributed by atoms with Crippen LogP contribution in [0.1, 0.15) is 12.8 Å². The van der Waals surface area contributed by atoms with Gasteiger partial charge in [0.1, 0.15) is 6.04 Å². The highest BCUT2D eigenvalue weighted by molar-refractivity contribution is 5.84. The Hall–Kier alpha value is -2.71. The summed E-state index contributed by atoms with van der Waals surface area (Å²) in [5.74, 6) is 0.589. The zero-order chi connectivity index (χ0) is 13.9. The Balaban J connectivity index is 1.84. The topological polar surface area (TPSA) is 124 Å². The molecule has 0 spiro atoms. The van der Waals surface area contributed by atoms with Crippen molar-refractivity contribution in [3.8, 4) is 5.95 Å². The third-order valence-electron chi connectivity index (χ3n) is 2.94. The first-order valence-electron chi connectivity index (χ1n) is 6.28. The molecule has 1 saturated heterocycles. The van der Waals surface area contributed by atoms with Crippen molar-refractivity contribution < 1.29 is 4.79 Å². The van der Waals surface area contributed by atoms with Gasteiger partial charge in [-0.05, 0) is 18.9 Å². The van der Waals surface area contributed by atoms with E-state index in [4.69, 9.17) is 5.73 Å². The molecule has 2 aromatic rings. The summed E-state index contributed by atoms with van der Waals surface area (Å²) >= 11 is 0. The number of nitrogens with one attached hydrogen (secondary N) is 2. The summed E-state index contributed by atoms with van der Waals surface area (Å²) in [6, 6.07) is 1.40. The summed E-state index contributed by atoms with van der Waals surface area (Å²) in [7, 11) is 0. The summed E-state index contributed by atoms with van der Waals surface area (Å²) < 4.78 is 1.48. The average Bonchev–Trinajstić information content (AvgIpc) is 2.95. The predicted molar refractivity (Wildman–Crippen MR) is 71.0 cm³/mol. The first-order valence-corrected chi connectivity index (χ1v) is 6.28. The predicted octanol–water partition coefficient (Wildman–Crippen LogP) is -0.670. The van der Waals surface area contributed by atoms with Crippen LogP contribution in [0.4, 0.5) is 11.9 Å². The van der Waals surface area contributed by atoms with Crippen LogP contribution >= 0.6 is 0 Å². The molecule has 1 aliphatic heterocycles. The van der Waals surface area contributed by atoms with Crippen LogP contribution in [0.3, 0.4) is 0 Å². The third kappa shape index (κ3) is 2.51. The van der Waals surface area contributed by atoms with E-state index in [1.54, 1.807) is 18.5 Å². The molecule has 20 heavy (non-hydrogen) atoms. The van der Waals surface area contributed by atoms with E-state index in [2.05, 4.69) is 30.7 Å². The molecule has 0 aromatic carbocycles. The van der Waals surface area contributed by atoms with Crippen molar-refractivity contribution in [2.45, 2.75) is 18.9 Å². The molecule has 0 aliphatic carbocycles. The highest BCUT2D eigenvalue weighted by Gasteiger charge is 2.23. The second kappa shape index (κ2) is 5.11. The summed E-state index contributed by atoms with van der Waals surface area (Å²) in [5.41, 5.74) is 5.66. The molecule has 3 heterocycles. The van der Waals surface area contributed by atoms with Crippen LogP contribution in [0.2, 0.25) is 0 Å². The maximum atomic E-state index is 11.7. The van der Waals surface area contributed by atoms with Gasteiger partial charge in [-0.1, -0.05) is 0 Å². The van der Waals surface area contributed by atoms with Gasteiger partial charge in [-0.3, -0.25) is 4.79 Å². The number of anilines is 2. The summed E-state index contributed by atoms with van der Waals surface area (Å²) in [6.07, 6.45) is 4.96. The van der Waals surface area contributed by atoms with Gasteiger partial charge in [-0.2, -0.15) is 20.1 Å². The number of carbonyl (C=O) groups excluding carboxylic acids is 1. The van der Waals surface area contributed by atoms with Crippen molar-refractivity contribution >= 4 is 17.8 Å². The summed E-state index contributed by atoms with van der Waals surface area (Å²) in [6.45, 7) is 0.703. The van der Waals surface area contributed by atoms with Gasteiger partial charge in [0.25, 0.3) is 5.95 Å². The summed E-state index contributed by atoms with van der Waals surface area (Å²) in [5, 5.41) is 9.80. The van der Waals surface area contributed by atoms with Crippen molar-refractivity contribution in [1.82, 2.24) is 30.0 Å². The number of rotatable bonds is 3. The molecule has 1 unspecified atom stereocenters. The van der Waals surface area contributed by atoms with Crippen LogP contribution in [0.15, 0.2) is 18.5 Å². The number of piperidine rings is 1. The van der Waals surface area contributed by atoms with Crippen LogP contribution in [-0.4, -0.2) is 43.2 Å². The number of amides is 1. The third-order valence-corrected chi connectivity index (χ3v) is 2.94. The van der Waals surface area contributed by atoms with E-state index in [0.29, 0.717) is 12.5 Å². The zero-order valence-corrected chi connectivity index (χ0v) is 10.7. The number of aromatic nitrogens is 5. The minimum absolute atomic E-state index is 0.0594. The highest BCUT2D eigenvalue weighted by Crippen LogP contribution is 2.11. The van der Waals surface area contributed by atoms with Gasteiger partial charge in [0.15, 0.2) is 0 Å². The molecule has 1 fully saturated rings. The van der Waals surface area contributed by atoms with Crippen molar-refractivity contribution in [2.24, 2.45) is 0 Å². The molecule has 4 N–H and O–H groups in total. The monoisotopic (exact) mass is 274 g/mol. The zero-order valence-electron chi connectivity index (χ0n) is 10.7. The molecular weight excluding hydrogens is 260 g/mol. The van der Waals surface area contributed by atoms with Gasteiger partial charge < -0.3 is 16.4 Å². The average molecular weight is 274 g/mol. The van der Waals surface area contributed by atoms with E-state index in [1.165, 1.54) is 4.68 Å². The standard InChI is InChI=1S/C11H14N8O/c12-9-16-10(15-7-3-1-4-13-8(7)20)18-11(17-9)19-6-2-5-14-19/h2,5-7H,1,3-4H2,(H,13,20)(H3,12,15,16,17,18). The fourth-order valence-corrected chi connectivity index (χ4v) is 2.00. The van der Waals surface area contributed by atoms with Crippen molar-refractivity contribution in [3.63, 3.8) is 0 Å². The smallest absolute Gasteiger partial charge is 0.257 e. The van der Waals surface area contributed by atoms with Crippen molar-refractivity contribution in [2.75, 3.05) is 17.6 Å². The second-order valence-electron chi connectivity index (χ2n) is 4.40. The van der Waals surface area contributed by atoms with Crippen LogP contribution in [0.25, 0.3) is 5.95 Å². The van der Waals surface area contributed by atoms with E-state index < -0.39 is 0 Å². The van der Waals surface area contributed by atoms with Crippen LogP contribution in [0, 0.1) is 0 Å². The van der Waals surface area contributed by atoms with Gasteiger partial charge in [0.05, 0.1) is 0 Å². The van der Waals surface area contributed by atoms with E-state index in [0.717, 1.165) is 12.8 Å². The first kappa shape index (κ1) is 12.3. The SMILES string of the molecule is Nc1nc(NC2CCCNC2=O)nc(-n2cccn2)n1. The van der Waals surface area contributed by atoms with Gasteiger partial charge in [0.2, 0.25) is 17.8 Å². The number of nitrogens with two attached hydrogens (primary N) is 1. The van der Waals surface area contributed by atoms with E-state index in [1.807, 2.05) is 0 Å². The Morgan fingerprint density at radius 1 is 1.40 bits per heavy atom. The Morgan fingerprint density at radius 2 is 2.30 bits per heavy atom. The maximum absolute atomic E-state index is 11.7. The second-order valence-corrected chi connectivity index (χ2v) is 4.40. The first-order chi connectivity index (χ1) is 9.72. The maximum Gasteiger partial charge on any atom is 0.257 e. The molecule has 0 bridgehead atoms. The lowest BCUT2D eigenvalue weighted by Crippen LogP contribution is -2.44. The molecule has 9 heteroatoms. The largest absolute Gasteiger partial charge is 0.368 e. The number of carbonyl (C=O) groups is 1. The van der Waals surface area contributed by atoms with E-state index in [9.17, 15) is 4.79 Å². The van der Waals surface area contributed by atoms with E-state index in [-0.39, 0.29) is 23.8 Å². The lowest BCUT2D eigenvalue weighted by Gasteiger charge is -2.22. The Morgan fingerprint density at radius 3 is 3.05 bits per heavy atom. The molecule has 9 nitrogen and oxygen atoms in total. The van der Waals surface area contributed by atoms with Crippen LogP contribution in [0.5, 0.6) is 0 Å². The Bertz CT molecular complexity index is 611. The van der Waals surface area contributed by atoms with Crippen LogP contribution in [-0.2, 0) is 4.79 Å². The van der Waals surface area contributed by atoms with E-state index >= 15 is 0 Å². The molecule has 1 aliphatic rings. The number of nitrogen functional groups attached to an aromatic ring is 1. The Labute approximate surface area is 114 Å². The minimum Gasteiger partial charge on any atom is -0.368 e. The van der Waals surface area contributed by atoms with Gasteiger partial charge >= 0.3 is 0 Å². The summed E-state index contributed by atoms with van der Waals surface area (Å²) in [4.78, 5) is 23.9. The molecule has 0 saturated carbocycles. The molecule has 1 amide bonds. The van der Waals surface area contributed by atoms with Gasteiger partial charge in [0, 0.05) is 18.9 Å². The van der Waals surface area contributed by atoms with Gasteiger partial charge in [-0.25, -0.2) is 4.68 Å². The normalized spacial score (nSPS) is 18.6. The lowest BCUT2D eigenvalue weighted by atomic mass is 10.1. The van der Waals surface area contributed by atoms with Crippen LogP contribution < -0.4 is 16.4 Å². The quantitative estimate of drug-likeness (QED) is 0.678. The highest BCUT2D eigenvalue weighted by atomic mass is 16.2. The number of hydrogen-bond acceptors (Lipinski definition) is 7. The fraction of sp³-hybridized carbons (Fsp3) is 0.364. The lowest BCUT2D eigenvalue weighted by molar-refractivity contribution is -0.123. The molecule has 0 radical (unpaired) electrons. The van der Waals surface area contributed by atoms with Gasteiger partial charge in [-0.15, -0.1) is 0 Å². The molecule has 3 rings (SSSR count). The number of hydrogen-bond donors (Lipinski definition) is 3. The molecule has 104 valence electrons. The van der Waals surface area contributed by atoms with Crippen molar-refractivity contribution in [3.05, 3.63) is 18.5 Å². The minimum atomic E-state index is -0.351. The molecule has 1 atom stereocenters. The molecular formula is C11H14N8O.